The van der Waals surface area contributed by atoms with Gasteiger partial charge in [0.2, 0.25) is 5.13 Å². The topological polar surface area (TPSA) is 101 Å². The second kappa shape index (κ2) is 8.54. The molecule has 0 fully saturated rings. The molecular formula is C22H16N4O3S. The first-order chi connectivity index (χ1) is 14.6. The largest absolute Gasteiger partial charge is 0.507 e. The van der Waals surface area contributed by atoms with Crippen molar-refractivity contribution in [1.29, 1.82) is 0 Å². The van der Waals surface area contributed by atoms with Gasteiger partial charge in [-0.05, 0) is 11.6 Å². The third-order valence-electron chi connectivity index (χ3n) is 4.30. The standard InChI is InChI=1S/C22H16N4O3S/c27-19-12-11-18(26(28)29)13-17(19)14-23-25-22-24-20(15-7-3-1-4-8-15)21(30-22)16-9-5-2-6-10-16/h1-14,27H,(H,24,25). The number of hydrogen-bond acceptors (Lipinski definition) is 7. The van der Waals surface area contributed by atoms with Crippen LogP contribution in [0.5, 0.6) is 5.75 Å². The number of nitro groups is 1. The Hall–Kier alpha value is -4.04. The number of nitro benzene ring substituents is 1. The number of thiazole rings is 1. The zero-order valence-electron chi connectivity index (χ0n) is 15.6. The number of nitrogens with one attached hydrogen (secondary N) is 1. The van der Waals surface area contributed by atoms with E-state index in [0.717, 1.165) is 21.7 Å². The second-order valence-corrected chi connectivity index (χ2v) is 7.30. The van der Waals surface area contributed by atoms with Gasteiger partial charge in [-0.25, -0.2) is 4.98 Å². The average Bonchev–Trinajstić information content (AvgIpc) is 3.20. The van der Waals surface area contributed by atoms with Crippen LogP contribution in [-0.4, -0.2) is 21.2 Å². The van der Waals surface area contributed by atoms with E-state index in [1.807, 2.05) is 60.7 Å². The molecule has 0 atom stereocenters. The van der Waals surface area contributed by atoms with Crippen LogP contribution in [0.1, 0.15) is 5.56 Å². The third kappa shape index (κ3) is 4.18. The van der Waals surface area contributed by atoms with E-state index in [2.05, 4.69) is 15.5 Å². The molecule has 1 aromatic heterocycles. The number of aromatic nitrogens is 1. The van der Waals surface area contributed by atoms with Gasteiger partial charge < -0.3 is 5.11 Å². The SMILES string of the molecule is O=[N+]([O-])c1ccc(O)c(C=NNc2nc(-c3ccccc3)c(-c3ccccc3)s2)c1. The van der Waals surface area contributed by atoms with E-state index in [1.54, 1.807) is 0 Å². The molecular weight excluding hydrogens is 400 g/mol. The summed E-state index contributed by atoms with van der Waals surface area (Å²) in [5, 5.41) is 25.5. The summed E-state index contributed by atoms with van der Waals surface area (Å²) < 4.78 is 0. The van der Waals surface area contributed by atoms with Gasteiger partial charge in [-0.1, -0.05) is 72.0 Å². The van der Waals surface area contributed by atoms with Crippen LogP contribution in [0.15, 0.2) is 84.0 Å². The molecule has 0 saturated carbocycles. The third-order valence-corrected chi connectivity index (χ3v) is 5.31. The van der Waals surface area contributed by atoms with Crippen LogP contribution in [0.3, 0.4) is 0 Å². The van der Waals surface area contributed by atoms with Crippen LogP contribution in [0, 0.1) is 10.1 Å². The molecule has 1 heterocycles. The first-order valence-electron chi connectivity index (χ1n) is 9.00. The second-order valence-electron chi connectivity index (χ2n) is 6.30. The fourth-order valence-electron chi connectivity index (χ4n) is 2.86. The van der Waals surface area contributed by atoms with Crippen molar-refractivity contribution in [3.8, 4) is 27.4 Å². The molecule has 0 aliphatic carbocycles. The molecule has 2 N–H and O–H groups in total. The fraction of sp³-hybridized carbons (Fsp3) is 0. The first kappa shape index (κ1) is 19.3. The molecule has 4 aromatic rings. The number of anilines is 1. The van der Waals surface area contributed by atoms with Gasteiger partial charge in [0.05, 0.1) is 21.7 Å². The predicted octanol–water partition coefficient (Wildman–Crippen LogP) is 5.54. The summed E-state index contributed by atoms with van der Waals surface area (Å²) in [4.78, 5) is 16.1. The number of aromatic hydroxyl groups is 1. The molecule has 4 rings (SSSR count). The Kier molecular flexibility index (Phi) is 5.49. The van der Waals surface area contributed by atoms with Gasteiger partial charge in [-0.3, -0.25) is 15.5 Å². The maximum atomic E-state index is 10.9. The van der Waals surface area contributed by atoms with Crippen molar-refractivity contribution < 1.29 is 10.0 Å². The molecule has 0 radical (unpaired) electrons. The minimum Gasteiger partial charge on any atom is -0.507 e. The van der Waals surface area contributed by atoms with Crippen LogP contribution in [0.2, 0.25) is 0 Å². The van der Waals surface area contributed by atoms with E-state index >= 15 is 0 Å². The summed E-state index contributed by atoms with van der Waals surface area (Å²) in [6, 6.07) is 23.6. The van der Waals surface area contributed by atoms with Gasteiger partial charge >= 0.3 is 0 Å². The molecule has 0 saturated heterocycles. The monoisotopic (exact) mass is 416 g/mol. The zero-order chi connectivity index (χ0) is 20.9. The number of rotatable bonds is 6. The lowest BCUT2D eigenvalue weighted by molar-refractivity contribution is -0.384. The highest BCUT2D eigenvalue weighted by Crippen LogP contribution is 2.38. The minimum atomic E-state index is -0.524. The van der Waals surface area contributed by atoms with E-state index in [4.69, 9.17) is 0 Å². The Morgan fingerprint density at radius 1 is 1.00 bits per heavy atom. The van der Waals surface area contributed by atoms with Gasteiger partial charge in [-0.15, -0.1) is 0 Å². The summed E-state index contributed by atoms with van der Waals surface area (Å²) in [6.07, 6.45) is 1.33. The van der Waals surface area contributed by atoms with Gasteiger partial charge in [0.15, 0.2) is 0 Å². The normalized spacial score (nSPS) is 10.9. The van der Waals surface area contributed by atoms with Crippen molar-refractivity contribution in [2.75, 3.05) is 5.43 Å². The van der Waals surface area contributed by atoms with Crippen molar-refractivity contribution in [2.24, 2.45) is 5.10 Å². The predicted molar refractivity (Wildman–Crippen MR) is 119 cm³/mol. The Labute approximate surface area is 176 Å². The molecule has 148 valence electrons. The molecule has 3 aromatic carbocycles. The van der Waals surface area contributed by atoms with Crippen molar-refractivity contribution in [2.45, 2.75) is 0 Å². The summed E-state index contributed by atoms with van der Waals surface area (Å²) in [7, 11) is 0. The number of hydrogen-bond donors (Lipinski definition) is 2. The Balaban J connectivity index is 1.64. The summed E-state index contributed by atoms with van der Waals surface area (Å²) in [5.41, 5.74) is 5.84. The number of phenols is 1. The highest BCUT2D eigenvalue weighted by Gasteiger charge is 2.14. The van der Waals surface area contributed by atoms with Crippen LogP contribution in [-0.2, 0) is 0 Å². The van der Waals surface area contributed by atoms with Gasteiger partial charge in [0, 0.05) is 23.3 Å². The van der Waals surface area contributed by atoms with Crippen LogP contribution in [0.25, 0.3) is 21.7 Å². The van der Waals surface area contributed by atoms with E-state index in [9.17, 15) is 15.2 Å². The number of phenolic OH excluding ortho intramolecular Hbond substituents is 1. The van der Waals surface area contributed by atoms with Crippen molar-refractivity contribution in [3.05, 3.63) is 94.5 Å². The summed E-state index contributed by atoms with van der Waals surface area (Å²) in [5.74, 6) is -0.0970. The van der Waals surface area contributed by atoms with Crippen LogP contribution < -0.4 is 5.43 Å². The average molecular weight is 416 g/mol. The minimum absolute atomic E-state index is 0.0970. The maximum absolute atomic E-state index is 10.9. The van der Waals surface area contributed by atoms with Gasteiger partial charge in [0.1, 0.15) is 5.75 Å². The van der Waals surface area contributed by atoms with Gasteiger partial charge in [0.25, 0.3) is 5.69 Å². The number of hydrazone groups is 1. The first-order valence-corrected chi connectivity index (χ1v) is 9.81. The van der Waals surface area contributed by atoms with E-state index < -0.39 is 4.92 Å². The number of non-ortho nitro benzene ring substituents is 1. The summed E-state index contributed by atoms with van der Waals surface area (Å²) >= 11 is 1.45. The Bertz CT molecular complexity index is 1150. The van der Waals surface area contributed by atoms with Crippen molar-refractivity contribution in [1.82, 2.24) is 4.98 Å². The van der Waals surface area contributed by atoms with Crippen molar-refractivity contribution >= 4 is 28.4 Å². The quantitative estimate of drug-likeness (QED) is 0.244. The Morgan fingerprint density at radius 2 is 1.67 bits per heavy atom. The summed E-state index contributed by atoms with van der Waals surface area (Å²) in [6.45, 7) is 0. The number of nitrogens with zero attached hydrogens (tertiary/aromatic N) is 3. The maximum Gasteiger partial charge on any atom is 0.270 e. The van der Waals surface area contributed by atoms with E-state index in [-0.39, 0.29) is 17.0 Å². The molecule has 30 heavy (non-hydrogen) atoms. The molecule has 7 nitrogen and oxygen atoms in total. The van der Waals surface area contributed by atoms with Crippen molar-refractivity contribution in [3.63, 3.8) is 0 Å². The van der Waals surface area contributed by atoms with Crippen LogP contribution in [0.4, 0.5) is 10.8 Å². The highest BCUT2D eigenvalue weighted by atomic mass is 32.1. The molecule has 0 bridgehead atoms. The fourth-order valence-corrected chi connectivity index (χ4v) is 3.80. The molecule has 8 heteroatoms. The lowest BCUT2D eigenvalue weighted by Gasteiger charge is -2.02. The Morgan fingerprint density at radius 3 is 2.33 bits per heavy atom. The smallest absolute Gasteiger partial charge is 0.270 e. The highest BCUT2D eigenvalue weighted by molar-refractivity contribution is 7.19. The number of benzene rings is 3. The molecule has 0 amide bonds. The lowest BCUT2D eigenvalue weighted by Crippen LogP contribution is -1.93. The molecule has 0 aliphatic rings. The van der Waals surface area contributed by atoms with E-state index in [1.165, 1.54) is 35.8 Å². The van der Waals surface area contributed by atoms with Crippen LogP contribution >= 0.6 is 11.3 Å². The molecule has 0 spiro atoms. The lowest BCUT2D eigenvalue weighted by atomic mass is 10.1. The molecule has 0 aliphatic heterocycles. The zero-order valence-corrected chi connectivity index (χ0v) is 16.4. The van der Waals surface area contributed by atoms with Gasteiger partial charge in [-0.2, -0.15) is 5.10 Å². The van der Waals surface area contributed by atoms with E-state index in [0.29, 0.717) is 5.13 Å². The molecule has 0 unspecified atom stereocenters.